The topological polar surface area (TPSA) is 66.5 Å². The number of carbonyl (C=O) groups is 3. The number of benzene rings is 2. The lowest BCUT2D eigenvalue weighted by Crippen LogP contribution is -2.54. The zero-order chi connectivity index (χ0) is 16.4. The molecule has 0 atom stereocenters. The fraction of sp³-hybridized carbons (Fsp3) is 0. The Balaban J connectivity index is 2.05. The summed E-state index contributed by atoms with van der Waals surface area (Å²) in [7, 11) is 0. The third-order valence-corrected chi connectivity index (χ3v) is 3.63. The van der Waals surface area contributed by atoms with Gasteiger partial charge in [-0.2, -0.15) is 0 Å². The number of rotatable bonds is 2. The van der Waals surface area contributed by atoms with Crippen LogP contribution in [0.15, 0.2) is 60.2 Å². The minimum absolute atomic E-state index is 0.129. The van der Waals surface area contributed by atoms with E-state index in [1.165, 1.54) is 12.1 Å². The molecule has 2 aromatic carbocycles. The van der Waals surface area contributed by atoms with Gasteiger partial charge in [-0.3, -0.25) is 14.9 Å². The van der Waals surface area contributed by atoms with Gasteiger partial charge in [-0.25, -0.2) is 9.69 Å². The van der Waals surface area contributed by atoms with Crippen molar-refractivity contribution in [3.8, 4) is 0 Å². The summed E-state index contributed by atoms with van der Waals surface area (Å²) in [5, 5.41) is 2.40. The maximum Gasteiger partial charge on any atom is 0.335 e. The van der Waals surface area contributed by atoms with E-state index in [0.29, 0.717) is 5.56 Å². The lowest BCUT2D eigenvalue weighted by Gasteiger charge is -2.27. The first kappa shape index (κ1) is 15.0. The molecule has 4 amide bonds. The smallest absolute Gasteiger partial charge is 0.273 e. The highest BCUT2D eigenvalue weighted by molar-refractivity contribution is 6.42. The van der Waals surface area contributed by atoms with E-state index >= 15 is 0 Å². The molecule has 6 heteroatoms. The van der Waals surface area contributed by atoms with Crippen LogP contribution in [0, 0.1) is 0 Å². The number of para-hydroxylation sites is 1. The first-order valence-electron chi connectivity index (χ1n) is 6.79. The summed E-state index contributed by atoms with van der Waals surface area (Å²) in [6, 6.07) is 14.5. The first-order chi connectivity index (χ1) is 11.1. The number of hydrogen-bond donors (Lipinski definition) is 1. The Morgan fingerprint density at radius 3 is 2.26 bits per heavy atom. The molecule has 1 aliphatic heterocycles. The molecule has 23 heavy (non-hydrogen) atoms. The quantitative estimate of drug-likeness (QED) is 0.681. The van der Waals surface area contributed by atoms with Gasteiger partial charge in [0.2, 0.25) is 0 Å². The summed E-state index contributed by atoms with van der Waals surface area (Å²) in [6.45, 7) is 0. The van der Waals surface area contributed by atoms with Crippen LogP contribution in [0.5, 0.6) is 0 Å². The number of urea groups is 1. The first-order valence-corrected chi connectivity index (χ1v) is 7.17. The average molecular weight is 327 g/mol. The highest BCUT2D eigenvalue weighted by Gasteiger charge is 2.37. The molecule has 1 heterocycles. The van der Waals surface area contributed by atoms with E-state index in [-0.39, 0.29) is 16.3 Å². The summed E-state index contributed by atoms with van der Waals surface area (Å²) in [6.07, 6.45) is 1.44. The van der Waals surface area contributed by atoms with Crippen LogP contribution in [0.1, 0.15) is 5.56 Å². The van der Waals surface area contributed by atoms with Crippen LogP contribution in [0.3, 0.4) is 0 Å². The fourth-order valence-corrected chi connectivity index (χ4v) is 2.45. The second-order valence-electron chi connectivity index (χ2n) is 4.82. The zero-order valence-electron chi connectivity index (χ0n) is 11.8. The lowest BCUT2D eigenvalue weighted by molar-refractivity contribution is -0.122. The van der Waals surface area contributed by atoms with Gasteiger partial charge in [0.1, 0.15) is 5.57 Å². The van der Waals surface area contributed by atoms with Gasteiger partial charge in [-0.1, -0.05) is 54.1 Å². The minimum atomic E-state index is -0.821. The summed E-state index contributed by atoms with van der Waals surface area (Å²) in [4.78, 5) is 37.5. The molecule has 114 valence electrons. The molecule has 3 rings (SSSR count). The number of amides is 4. The highest BCUT2D eigenvalue weighted by Crippen LogP contribution is 2.28. The van der Waals surface area contributed by atoms with E-state index in [1.54, 1.807) is 42.5 Å². The molecule has 0 saturated carbocycles. The molecule has 1 aliphatic rings. The number of carbonyl (C=O) groups excluding carboxylic acids is 3. The van der Waals surface area contributed by atoms with Gasteiger partial charge in [0.05, 0.1) is 10.7 Å². The van der Waals surface area contributed by atoms with Crippen molar-refractivity contribution in [3.05, 3.63) is 70.8 Å². The van der Waals surface area contributed by atoms with Crippen LogP contribution < -0.4 is 10.2 Å². The van der Waals surface area contributed by atoms with Crippen molar-refractivity contribution < 1.29 is 14.4 Å². The number of nitrogens with one attached hydrogen (secondary N) is 1. The molecule has 5 nitrogen and oxygen atoms in total. The summed E-state index contributed by atoms with van der Waals surface area (Å²) < 4.78 is 0. The molecule has 1 N–H and O–H groups in total. The van der Waals surface area contributed by atoms with E-state index in [9.17, 15) is 14.4 Å². The van der Waals surface area contributed by atoms with Gasteiger partial charge in [0, 0.05) is 0 Å². The normalized spacial score (nSPS) is 16.7. The predicted molar refractivity (Wildman–Crippen MR) is 86.9 cm³/mol. The highest BCUT2D eigenvalue weighted by atomic mass is 35.5. The van der Waals surface area contributed by atoms with Crippen molar-refractivity contribution >= 4 is 41.2 Å². The maximum absolute atomic E-state index is 12.6. The number of nitrogens with zero attached hydrogens (tertiary/aromatic N) is 1. The molecular weight excluding hydrogens is 316 g/mol. The molecular formula is C17H11ClN2O3. The number of halogens is 1. The Labute approximate surface area is 137 Å². The molecule has 0 aliphatic carbocycles. The Morgan fingerprint density at radius 1 is 0.913 bits per heavy atom. The van der Waals surface area contributed by atoms with E-state index in [2.05, 4.69) is 5.32 Å². The molecule has 0 radical (unpaired) electrons. The Bertz CT molecular complexity index is 831. The average Bonchev–Trinajstić information content (AvgIpc) is 2.54. The SMILES string of the molecule is O=C1NC(=O)N(c2ccccc2Cl)C(=O)/C1=C\c1ccccc1. The van der Waals surface area contributed by atoms with Crippen LogP contribution >= 0.6 is 11.6 Å². The van der Waals surface area contributed by atoms with E-state index in [0.717, 1.165) is 4.90 Å². The molecule has 1 saturated heterocycles. The van der Waals surface area contributed by atoms with Gasteiger partial charge in [0.15, 0.2) is 0 Å². The number of anilines is 1. The van der Waals surface area contributed by atoms with E-state index in [1.807, 2.05) is 6.07 Å². The van der Waals surface area contributed by atoms with Crippen LogP contribution in [0.25, 0.3) is 6.08 Å². The summed E-state index contributed by atoms with van der Waals surface area (Å²) in [5.41, 5.74) is 0.776. The molecule has 0 bridgehead atoms. The van der Waals surface area contributed by atoms with Gasteiger partial charge < -0.3 is 0 Å². The maximum atomic E-state index is 12.6. The van der Waals surface area contributed by atoms with Crippen molar-refractivity contribution in [2.24, 2.45) is 0 Å². The van der Waals surface area contributed by atoms with Gasteiger partial charge >= 0.3 is 6.03 Å². The molecule has 0 spiro atoms. The van der Waals surface area contributed by atoms with Crippen molar-refractivity contribution in [2.45, 2.75) is 0 Å². The molecule has 1 fully saturated rings. The molecule has 0 aromatic heterocycles. The van der Waals surface area contributed by atoms with Crippen molar-refractivity contribution in [1.82, 2.24) is 5.32 Å². The van der Waals surface area contributed by atoms with Crippen molar-refractivity contribution in [2.75, 3.05) is 4.90 Å². The second-order valence-corrected chi connectivity index (χ2v) is 5.23. The van der Waals surface area contributed by atoms with Gasteiger partial charge in [0.25, 0.3) is 11.8 Å². The van der Waals surface area contributed by atoms with Crippen molar-refractivity contribution in [3.63, 3.8) is 0 Å². The summed E-state index contributed by atoms with van der Waals surface area (Å²) in [5.74, 6) is -1.44. The standard InChI is InChI=1S/C17H11ClN2O3/c18-13-8-4-5-9-14(13)20-16(22)12(15(21)19-17(20)23)10-11-6-2-1-3-7-11/h1-10H,(H,19,21,23)/b12-10-. The number of imide groups is 2. The largest absolute Gasteiger partial charge is 0.335 e. The second kappa shape index (κ2) is 6.06. The van der Waals surface area contributed by atoms with Gasteiger partial charge in [-0.15, -0.1) is 0 Å². The van der Waals surface area contributed by atoms with Crippen LogP contribution in [0.2, 0.25) is 5.02 Å². The minimum Gasteiger partial charge on any atom is -0.273 e. The molecule has 0 unspecified atom stereocenters. The Kier molecular flexibility index (Phi) is 3.95. The van der Waals surface area contributed by atoms with E-state index in [4.69, 9.17) is 11.6 Å². The summed E-state index contributed by atoms with van der Waals surface area (Å²) >= 11 is 6.05. The van der Waals surface area contributed by atoms with Crippen LogP contribution in [-0.2, 0) is 9.59 Å². The third kappa shape index (κ3) is 2.86. The zero-order valence-corrected chi connectivity index (χ0v) is 12.6. The fourth-order valence-electron chi connectivity index (χ4n) is 2.23. The van der Waals surface area contributed by atoms with Crippen LogP contribution in [-0.4, -0.2) is 17.8 Å². The predicted octanol–water partition coefficient (Wildman–Crippen LogP) is 3.01. The van der Waals surface area contributed by atoms with Crippen LogP contribution in [0.4, 0.5) is 10.5 Å². The van der Waals surface area contributed by atoms with Gasteiger partial charge in [-0.05, 0) is 23.8 Å². The number of barbiturate groups is 1. The monoisotopic (exact) mass is 326 g/mol. The van der Waals surface area contributed by atoms with Crippen molar-refractivity contribution in [1.29, 1.82) is 0 Å². The lowest BCUT2D eigenvalue weighted by atomic mass is 10.1. The third-order valence-electron chi connectivity index (χ3n) is 3.31. The molecule has 2 aromatic rings. The Morgan fingerprint density at radius 2 is 1.57 bits per heavy atom. The number of hydrogen-bond acceptors (Lipinski definition) is 3. The van der Waals surface area contributed by atoms with E-state index < -0.39 is 17.8 Å². The Hall–Kier alpha value is -2.92.